The van der Waals surface area contributed by atoms with E-state index in [0.29, 0.717) is 0 Å². The van der Waals surface area contributed by atoms with Crippen LogP contribution in [0.25, 0.3) is 0 Å². The fourth-order valence-electron chi connectivity index (χ4n) is 2.24. The summed E-state index contributed by atoms with van der Waals surface area (Å²) >= 11 is 0. The molecule has 16 heavy (non-hydrogen) atoms. The zero-order chi connectivity index (χ0) is 11.6. The lowest BCUT2D eigenvalue weighted by Gasteiger charge is -2.22. The molecule has 0 atom stereocenters. The molecule has 0 unspecified atom stereocenters. The van der Waals surface area contributed by atoms with Crippen molar-refractivity contribution < 1.29 is 0 Å². The second kappa shape index (κ2) is 4.56. The zero-order valence-corrected chi connectivity index (χ0v) is 10.4. The topological polar surface area (TPSA) is 29.3 Å². The Hall–Kier alpha value is -0.860. The first kappa shape index (κ1) is 11.6. The van der Waals surface area contributed by atoms with Gasteiger partial charge >= 0.3 is 0 Å². The molecule has 0 radical (unpaired) electrons. The van der Waals surface area contributed by atoms with Gasteiger partial charge in [-0.25, -0.2) is 0 Å². The van der Waals surface area contributed by atoms with Crippen molar-refractivity contribution in [3.63, 3.8) is 0 Å². The molecule has 0 amide bonds. The van der Waals surface area contributed by atoms with Crippen molar-refractivity contribution in [1.29, 1.82) is 0 Å². The van der Waals surface area contributed by atoms with E-state index in [1.165, 1.54) is 11.1 Å². The molecule has 88 valence electrons. The highest BCUT2D eigenvalue weighted by molar-refractivity contribution is 5.37. The van der Waals surface area contributed by atoms with Crippen molar-refractivity contribution in [3.8, 4) is 0 Å². The zero-order valence-electron chi connectivity index (χ0n) is 10.4. The summed E-state index contributed by atoms with van der Waals surface area (Å²) in [5, 5.41) is 0. The van der Waals surface area contributed by atoms with Crippen LogP contribution in [0.1, 0.15) is 37.8 Å². The van der Waals surface area contributed by atoms with Crippen LogP contribution in [0.5, 0.6) is 0 Å². The molecule has 0 aliphatic heterocycles. The summed E-state index contributed by atoms with van der Waals surface area (Å²) in [5.41, 5.74) is 9.07. The van der Waals surface area contributed by atoms with Gasteiger partial charge in [0.05, 0.1) is 0 Å². The number of benzene rings is 1. The van der Waals surface area contributed by atoms with Gasteiger partial charge < -0.3 is 5.73 Å². The van der Waals surface area contributed by atoms with Crippen LogP contribution in [0.15, 0.2) is 24.3 Å². The molecule has 2 nitrogen and oxygen atoms in total. The molecule has 2 heteroatoms. The van der Waals surface area contributed by atoms with E-state index in [1.807, 2.05) is 0 Å². The molecule has 0 bridgehead atoms. The minimum Gasteiger partial charge on any atom is -0.321 e. The highest BCUT2D eigenvalue weighted by Crippen LogP contribution is 2.44. The average Bonchev–Trinajstić information content (AvgIpc) is 3.06. The van der Waals surface area contributed by atoms with Crippen LogP contribution >= 0.6 is 0 Å². The third-order valence-electron chi connectivity index (χ3n) is 3.63. The molecule has 0 saturated heterocycles. The summed E-state index contributed by atoms with van der Waals surface area (Å²) in [5.74, 6) is 0. The summed E-state index contributed by atoms with van der Waals surface area (Å²) in [7, 11) is 0. The Bertz CT molecular complexity index is 352. The van der Waals surface area contributed by atoms with Gasteiger partial charge in [-0.1, -0.05) is 38.1 Å². The van der Waals surface area contributed by atoms with E-state index in [2.05, 4.69) is 43.0 Å². The van der Waals surface area contributed by atoms with Gasteiger partial charge in [0, 0.05) is 12.1 Å². The maximum Gasteiger partial charge on any atom is 0.0414 e. The third kappa shape index (κ3) is 2.28. The van der Waals surface area contributed by atoms with E-state index in [0.717, 1.165) is 32.5 Å². The fraction of sp³-hybridized carbons (Fsp3) is 0.571. The number of nitrogens with zero attached hydrogens (tertiary/aromatic N) is 1. The number of rotatable bonds is 5. The van der Waals surface area contributed by atoms with Gasteiger partial charge in [0.25, 0.3) is 0 Å². The second-order valence-electron chi connectivity index (χ2n) is 4.77. The van der Waals surface area contributed by atoms with E-state index < -0.39 is 0 Å². The Balaban J connectivity index is 2.20. The minimum absolute atomic E-state index is 0.0102. The molecule has 2 rings (SSSR count). The maximum atomic E-state index is 6.31. The Morgan fingerprint density at radius 1 is 1.19 bits per heavy atom. The molecule has 1 aliphatic carbocycles. The number of hydrogen-bond donors (Lipinski definition) is 1. The highest BCUT2D eigenvalue weighted by atomic mass is 15.1. The van der Waals surface area contributed by atoms with Crippen LogP contribution in [-0.4, -0.2) is 18.0 Å². The highest BCUT2D eigenvalue weighted by Gasteiger charge is 2.41. The van der Waals surface area contributed by atoms with Crippen LogP contribution in [0, 0.1) is 0 Å². The van der Waals surface area contributed by atoms with Gasteiger partial charge in [-0.3, -0.25) is 4.90 Å². The molecular weight excluding hydrogens is 196 g/mol. The first-order chi connectivity index (χ1) is 7.69. The second-order valence-corrected chi connectivity index (χ2v) is 4.77. The monoisotopic (exact) mass is 218 g/mol. The Morgan fingerprint density at radius 3 is 2.38 bits per heavy atom. The molecule has 1 saturated carbocycles. The maximum absolute atomic E-state index is 6.31. The van der Waals surface area contributed by atoms with E-state index >= 15 is 0 Å². The van der Waals surface area contributed by atoms with Crippen molar-refractivity contribution in [1.82, 2.24) is 4.90 Å². The van der Waals surface area contributed by atoms with Crippen molar-refractivity contribution in [3.05, 3.63) is 35.4 Å². The summed E-state index contributed by atoms with van der Waals surface area (Å²) in [4.78, 5) is 2.44. The van der Waals surface area contributed by atoms with Gasteiger partial charge in [-0.05, 0) is 37.1 Å². The average molecular weight is 218 g/mol. The molecule has 0 heterocycles. The molecular formula is C14H22N2. The minimum atomic E-state index is -0.0102. The van der Waals surface area contributed by atoms with Gasteiger partial charge in [-0.2, -0.15) is 0 Å². The molecule has 0 aromatic heterocycles. The summed E-state index contributed by atoms with van der Waals surface area (Å²) in [6.07, 6.45) is 2.28. The van der Waals surface area contributed by atoms with Crippen LogP contribution in [0.2, 0.25) is 0 Å². The number of nitrogens with two attached hydrogens (primary N) is 1. The lowest BCUT2D eigenvalue weighted by atomic mass is 9.98. The van der Waals surface area contributed by atoms with Gasteiger partial charge in [0.15, 0.2) is 0 Å². The van der Waals surface area contributed by atoms with E-state index in [9.17, 15) is 0 Å². The molecule has 1 aromatic rings. The summed E-state index contributed by atoms with van der Waals surface area (Å²) in [6.45, 7) is 7.65. The summed E-state index contributed by atoms with van der Waals surface area (Å²) < 4.78 is 0. The Morgan fingerprint density at radius 2 is 1.81 bits per heavy atom. The van der Waals surface area contributed by atoms with Crippen LogP contribution in [0.4, 0.5) is 0 Å². The predicted molar refractivity (Wildman–Crippen MR) is 68.2 cm³/mol. The molecule has 0 spiro atoms. The first-order valence-corrected chi connectivity index (χ1v) is 6.29. The first-order valence-electron chi connectivity index (χ1n) is 6.29. The molecule has 1 fully saturated rings. The van der Waals surface area contributed by atoms with Crippen molar-refractivity contribution in [2.75, 3.05) is 13.1 Å². The third-order valence-corrected chi connectivity index (χ3v) is 3.63. The predicted octanol–water partition coefficient (Wildman–Crippen LogP) is 2.48. The standard InChI is InChI=1S/C14H22N2/c1-3-16(4-2)11-12-7-5-6-8-13(12)14(15)9-10-14/h5-8H,3-4,9-11,15H2,1-2H3. The van der Waals surface area contributed by atoms with Crippen molar-refractivity contribution in [2.45, 2.75) is 38.8 Å². The van der Waals surface area contributed by atoms with Gasteiger partial charge in [-0.15, -0.1) is 0 Å². The quantitative estimate of drug-likeness (QED) is 0.822. The fourth-order valence-corrected chi connectivity index (χ4v) is 2.24. The lowest BCUT2D eigenvalue weighted by Crippen LogP contribution is -2.26. The summed E-state index contributed by atoms with van der Waals surface area (Å²) in [6, 6.07) is 8.65. The van der Waals surface area contributed by atoms with Crippen LogP contribution in [0.3, 0.4) is 0 Å². The lowest BCUT2D eigenvalue weighted by molar-refractivity contribution is 0.294. The number of hydrogen-bond acceptors (Lipinski definition) is 2. The van der Waals surface area contributed by atoms with Crippen molar-refractivity contribution in [2.24, 2.45) is 5.73 Å². The molecule has 1 aromatic carbocycles. The van der Waals surface area contributed by atoms with Crippen molar-refractivity contribution >= 4 is 0 Å². The molecule has 1 aliphatic rings. The SMILES string of the molecule is CCN(CC)Cc1ccccc1C1(N)CC1. The van der Waals surface area contributed by atoms with Gasteiger partial charge in [0.2, 0.25) is 0 Å². The molecule has 2 N–H and O–H groups in total. The van der Waals surface area contributed by atoms with Crippen LogP contribution in [-0.2, 0) is 12.1 Å². The van der Waals surface area contributed by atoms with Gasteiger partial charge in [0.1, 0.15) is 0 Å². The van der Waals surface area contributed by atoms with E-state index in [1.54, 1.807) is 0 Å². The Kier molecular flexibility index (Phi) is 3.31. The van der Waals surface area contributed by atoms with Crippen LogP contribution < -0.4 is 5.73 Å². The Labute approximate surface area is 98.4 Å². The van der Waals surface area contributed by atoms with E-state index in [4.69, 9.17) is 5.73 Å². The van der Waals surface area contributed by atoms with E-state index in [-0.39, 0.29) is 5.54 Å². The smallest absolute Gasteiger partial charge is 0.0414 e. The largest absolute Gasteiger partial charge is 0.321 e. The normalized spacial score (nSPS) is 17.8.